The summed E-state index contributed by atoms with van der Waals surface area (Å²) in [5.41, 5.74) is 0. The van der Waals surface area contributed by atoms with Crippen molar-refractivity contribution < 1.29 is 49.3 Å². The van der Waals surface area contributed by atoms with Gasteiger partial charge in [0.2, 0.25) is 5.91 Å². The molecule has 0 saturated carbocycles. The van der Waals surface area contributed by atoms with E-state index in [1.807, 2.05) is 6.08 Å². The second-order valence-electron chi connectivity index (χ2n) is 24.3. The van der Waals surface area contributed by atoms with Crippen molar-refractivity contribution in [1.29, 1.82) is 0 Å². The Bertz CT molecular complexity index is 1340. The van der Waals surface area contributed by atoms with Gasteiger partial charge in [0.25, 0.3) is 0 Å². The molecular weight excluding hydrogens is 991 g/mol. The fraction of sp³-hybridized carbons (Fsp3) is 0.941. The molecule has 468 valence electrons. The first kappa shape index (κ1) is 75.4. The van der Waals surface area contributed by atoms with Crippen LogP contribution in [-0.4, -0.2) is 99.6 Å². The maximum atomic E-state index is 13.5. The summed E-state index contributed by atoms with van der Waals surface area (Å²) in [6, 6.07) is -1.02. The second kappa shape index (κ2) is 56.9. The van der Waals surface area contributed by atoms with Crippen molar-refractivity contribution in [3.63, 3.8) is 0 Å². The van der Waals surface area contributed by atoms with Crippen LogP contribution in [0.5, 0.6) is 0 Å². The van der Waals surface area contributed by atoms with Crippen LogP contribution in [0, 0.1) is 0 Å². The average Bonchev–Trinajstić information content (AvgIpc) is 3.45. The zero-order chi connectivity index (χ0) is 57.5. The van der Waals surface area contributed by atoms with Crippen molar-refractivity contribution >= 4 is 11.9 Å². The highest BCUT2D eigenvalue weighted by Crippen LogP contribution is 2.26. The molecule has 1 amide bonds. The van der Waals surface area contributed by atoms with Gasteiger partial charge in [0.05, 0.1) is 25.4 Å². The summed E-state index contributed by atoms with van der Waals surface area (Å²) in [6.07, 6.45) is 55.4. The number of nitrogens with one attached hydrogen (secondary N) is 1. The lowest BCUT2D eigenvalue weighted by Gasteiger charge is -2.41. The van der Waals surface area contributed by atoms with Gasteiger partial charge in [0.1, 0.15) is 24.4 Å². The monoisotopic (exact) mass is 1120 g/mol. The molecule has 1 fully saturated rings. The van der Waals surface area contributed by atoms with E-state index in [0.717, 1.165) is 57.8 Å². The van der Waals surface area contributed by atoms with E-state index >= 15 is 0 Å². The van der Waals surface area contributed by atoms with Crippen molar-refractivity contribution in [1.82, 2.24) is 5.32 Å². The lowest BCUT2D eigenvalue weighted by Crippen LogP contribution is -2.61. The summed E-state index contributed by atoms with van der Waals surface area (Å²) in [5.74, 6) is -1.17. The number of carbonyl (C=O) groups is 2. The number of allylic oxidation sites excluding steroid dienone is 1. The Labute approximate surface area is 487 Å². The molecule has 0 aliphatic carbocycles. The fourth-order valence-electron chi connectivity index (χ4n) is 11.2. The first-order chi connectivity index (χ1) is 38.7. The van der Waals surface area contributed by atoms with E-state index in [-0.39, 0.29) is 13.0 Å². The van der Waals surface area contributed by atoms with Crippen LogP contribution in [0.1, 0.15) is 348 Å². The quantitative estimate of drug-likeness (QED) is 0.0195. The molecule has 1 aliphatic rings. The Morgan fingerprint density at radius 3 is 1.19 bits per heavy atom. The average molecular weight is 1120 g/mol. The molecule has 0 aromatic carbocycles. The zero-order valence-corrected chi connectivity index (χ0v) is 52.0. The maximum absolute atomic E-state index is 13.5. The first-order valence-electron chi connectivity index (χ1n) is 34.5. The maximum Gasteiger partial charge on any atom is 0.306 e. The molecule has 1 aliphatic heterocycles. The molecule has 11 heteroatoms. The number of rotatable bonds is 60. The molecule has 0 aromatic heterocycles. The van der Waals surface area contributed by atoms with Gasteiger partial charge in [-0.2, -0.15) is 0 Å². The van der Waals surface area contributed by atoms with Crippen LogP contribution in [-0.2, 0) is 23.8 Å². The van der Waals surface area contributed by atoms with Gasteiger partial charge >= 0.3 is 5.97 Å². The number of aliphatic hydroxyl groups is 5. The minimum Gasteiger partial charge on any atom is -0.454 e. The molecule has 1 rings (SSSR count). The van der Waals surface area contributed by atoms with E-state index in [4.69, 9.17) is 14.2 Å². The standard InChI is InChI=1S/C68H131NO10/c1-4-7-10-13-16-19-22-25-27-28-29-30-31-32-33-35-37-40-43-46-49-52-55-61(72)67(76)69-59(60(71)54-51-48-45-42-39-36-24-21-18-15-12-9-6-3)58-77-68-66(65(75)64(74)62(57-70)78-68)79-63(73)56-53-50-47-44-41-38-34-26-23-20-17-14-11-8-5-2/h51,54,59-62,64-66,68,70-72,74-75H,4-50,52-53,55-58H2,1-3H3,(H,69,76)/b54-51+. The van der Waals surface area contributed by atoms with Crippen LogP contribution in [0.25, 0.3) is 0 Å². The minimum atomic E-state index is -1.61. The number of esters is 1. The van der Waals surface area contributed by atoms with Gasteiger partial charge < -0.3 is 45.1 Å². The lowest BCUT2D eigenvalue weighted by atomic mass is 9.99. The molecule has 11 nitrogen and oxygen atoms in total. The molecule has 0 radical (unpaired) electrons. The van der Waals surface area contributed by atoms with E-state index in [1.165, 1.54) is 244 Å². The van der Waals surface area contributed by atoms with Gasteiger partial charge in [-0.15, -0.1) is 0 Å². The minimum absolute atomic E-state index is 0.131. The summed E-state index contributed by atoms with van der Waals surface area (Å²) in [5, 5.41) is 57.2. The Morgan fingerprint density at radius 1 is 0.481 bits per heavy atom. The number of amides is 1. The Kier molecular flexibility index (Phi) is 54.3. The molecule has 8 atom stereocenters. The molecule has 6 N–H and O–H groups in total. The largest absolute Gasteiger partial charge is 0.454 e. The summed E-state index contributed by atoms with van der Waals surface area (Å²) in [7, 11) is 0. The number of unbranched alkanes of at least 4 members (excludes halogenated alkanes) is 46. The molecule has 0 aromatic rings. The summed E-state index contributed by atoms with van der Waals surface area (Å²) in [4.78, 5) is 26.6. The smallest absolute Gasteiger partial charge is 0.306 e. The Morgan fingerprint density at radius 2 is 0.823 bits per heavy atom. The van der Waals surface area contributed by atoms with Gasteiger partial charge in [-0.25, -0.2) is 0 Å². The van der Waals surface area contributed by atoms with Gasteiger partial charge in [-0.1, -0.05) is 328 Å². The molecule has 0 bridgehead atoms. The Hall–Kier alpha value is -1.60. The number of ether oxygens (including phenoxy) is 3. The van der Waals surface area contributed by atoms with Crippen molar-refractivity contribution in [2.75, 3.05) is 13.2 Å². The predicted octanol–water partition coefficient (Wildman–Crippen LogP) is 17.1. The van der Waals surface area contributed by atoms with Crippen molar-refractivity contribution in [2.24, 2.45) is 0 Å². The number of hydrogen-bond acceptors (Lipinski definition) is 10. The second-order valence-corrected chi connectivity index (χ2v) is 24.3. The van der Waals surface area contributed by atoms with Crippen LogP contribution in [0.4, 0.5) is 0 Å². The van der Waals surface area contributed by atoms with E-state index in [9.17, 15) is 35.1 Å². The highest BCUT2D eigenvalue weighted by atomic mass is 16.7. The van der Waals surface area contributed by atoms with E-state index in [0.29, 0.717) is 19.3 Å². The first-order valence-corrected chi connectivity index (χ1v) is 34.5. The summed E-state index contributed by atoms with van der Waals surface area (Å²) in [6.45, 7) is 5.85. The van der Waals surface area contributed by atoms with Crippen LogP contribution >= 0.6 is 0 Å². The molecule has 1 heterocycles. The van der Waals surface area contributed by atoms with Crippen LogP contribution in [0.15, 0.2) is 12.2 Å². The van der Waals surface area contributed by atoms with Crippen molar-refractivity contribution in [2.45, 2.75) is 397 Å². The fourth-order valence-corrected chi connectivity index (χ4v) is 11.2. The van der Waals surface area contributed by atoms with Gasteiger partial charge in [-0.05, 0) is 25.7 Å². The van der Waals surface area contributed by atoms with E-state index in [1.54, 1.807) is 6.08 Å². The van der Waals surface area contributed by atoms with Crippen LogP contribution in [0.2, 0.25) is 0 Å². The lowest BCUT2D eigenvalue weighted by molar-refractivity contribution is -0.305. The van der Waals surface area contributed by atoms with E-state index in [2.05, 4.69) is 26.1 Å². The molecule has 0 spiro atoms. The Balaban J connectivity index is 2.60. The number of hydrogen-bond donors (Lipinski definition) is 6. The van der Waals surface area contributed by atoms with Crippen molar-refractivity contribution in [3.05, 3.63) is 12.2 Å². The van der Waals surface area contributed by atoms with E-state index < -0.39 is 67.4 Å². The predicted molar refractivity (Wildman–Crippen MR) is 329 cm³/mol. The summed E-state index contributed by atoms with van der Waals surface area (Å²) < 4.78 is 17.7. The molecular formula is C68H131NO10. The van der Waals surface area contributed by atoms with Crippen LogP contribution < -0.4 is 5.32 Å². The highest BCUT2D eigenvalue weighted by Gasteiger charge is 2.47. The zero-order valence-electron chi connectivity index (χ0n) is 52.0. The SMILES string of the molecule is CCCCCCCCCCCCC/C=C/C(O)C(COC1OC(CO)C(O)C(O)C1OC(=O)CCCCCCCCCCCCCCCCC)NC(=O)C(O)CCCCCCCCCCCCCCCCCCCCCCCC. The van der Waals surface area contributed by atoms with Gasteiger partial charge in [0, 0.05) is 6.42 Å². The van der Waals surface area contributed by atoms with Crippen LogP contribution in [0.3, 0.4) is 0 Å². The third kappa shape index (κ3) is 44.6. The molecule has 8 unspecified atom stereocenters. The normalized spacial score (nSPS) is 18.8. The van der Waals surface area contributed by atoms with Gasteiger partial charge in [-0.3, -0.25) is 9.59 Å². The molecule has 1 saturated heterocycles. The topological polar surface area (TPSA) is 175 Å². The number of carbonyl (C=O) groups excluding carboxylic acids is 2. The number of aliphatic hydroxyl groups excluding tert-OH is 5. The third-order valence-electron chi connectivity index (χ3n) is 16.7. The third-order valence-corrected chi connectivity index (χ3v) is 16.7. The summed E-state index contributed by atoms with van der Waals surface area (Å²) >= 11 is 0. The van der Waals surface area contributed by atoms with Gasteiger partial charge in [0.15, 0.2) is 12.4 Å². The van der Waals surface area contributed by atoms with Crippen molar-refractivity contribution in [3.8, 4) is 0 Å². The highest BCUT2D eigenvalue weighted by molar-refractivity contribution is 5.80. The molecule has 79 heavy (non-hydrogen) atoms.